The van der Waals surface area contributed by atoms with Gasteiger partial charge in [0, 0.05) is 14.9 Å². The highest BCUT2D eigenvalue weighted by atomic mass is 79.9. The third-order valence-corrected chi connectivity index (χ3v) is 4.74. The summed E-state index contributed by atoms with van der Waals surface area (Å²) in [4.78, 5) is 25.2. The Kier molecular flexibility index (Phi) is 5.58. The maximum Gasteiger partial charge on any atom is 0.343 e. The fourth-order valence-electron chi connectivity index (χ4n) is 2.08. The Morgan fingerprint density at radius 2 is 1.60 bits per heavy atom. The molecule has 2 aromatic carbocycles. The van der Waals surface area contributed by atoms with Crippen LogP contribution in [0.2, 0.25) is 0 Å². The molecule has 0 aliphatic carbocycles. The van der Waals surface area contributed by atoms with Gasteiger partial charge in [0.15, 0.2) is 5.78 Å². The van der Waals surface area contributed by atoms with Crippen molar-refractivity contribution in [3.63, 3.8) is 0 Å². The zero-order chi connectivity index (χ0) is 17.6. The normalized spacial score (nSPS) is 10.8. The number of hydrogen-bond donors (Lipinski definition) is 0. The Morgan fingerprint density at radius 3 is 2.24 bits per heavy atom. The van der Waals surface area contributed by atoms with Gasteiger partial charge in [-0.3, -0.25) is 4.79 Å². The number of carbonyl (C=O) groups excluding carboxylic acids is 2. The summed E-state index contributed by atoms with van der Waals surface area (Å²) in [5.74, 6) is -0.143. The van der Waals surface area contributed by atoms with Gasteiger partial charge in [-0.2, -0.15) is 0 Å². The number of allylic oxidation sites excluding steroid dienone is 1. The van der Waals surface area contributed by atoms with Gasteiger partial charge < -0.3 is 4.74 Å². The molecule has 0 spiro atoms. The number of halogens is 1. The molecule has 0 bridgehead atoms. The molecule has 0 unspecified atom stereocenters. The number of thiophene rings is 1. The molecule has 0 fully saturated rings. The van der Waals surface area contributed by atoms with E-state index in [1.807, 2.05) is 17.5 Å². The Balaban J connectivity index is 1.64. The Morgan fingerprint density at radius 1 is 0.920 bits per heavy atom. The fourth-order valence-corrected chi connectivity index (χ4v) is 2.96. The second-order valence-electron chi connectivity index (χ2n) is 5.13. The van der Waals surface area contributed by atoms with Crippen molar-refractivity contribution in [2.24, 2.45) is 0 Å². The minimum atomic E-state index is -0.441. The molecule has 3 rings (SSSR count). The molecular formula is C20H13BrO3S. The number of esters is 1. The molecule has 0 aliphatic heterocycles. The van der Waals surface area contributed by atoms with E-state index in [4.69, 9.17) is 4.74 Å². The van der Waals surface area contributed by atoms with Crippen molar-refractivity contribution in [3.8, 4) is 5.75 Å². The van der Waals surface area contributed by atoms with E-state index >= 15 is 0 Å². The number of benzene rings is 2. The predicted octanol–water partition coefficient (Wildman–Crippen LogP) is 5.63. The van der Waals surface area contributed by atoms with Crippen LogP contribution in [-0.4, -0.2) is 11.8 Å². The lowest BCUT2D eigenvalue weighted by atomic mass is 10.1. The molecule has 1 aromatic heterocycles. The molecule has 0 saturated heterocycles. The van der Waals surface area contributed by atoms with Crippen molar-refractivity contribution in [2.75, 3.05) is 0 Å². The first-order chi connectivity index (χ1) is 12.1. The summed E-state index contributed by atoms with van der Waals surface area (Å²) >= 11 is 4.89. The van der Waals surface area contributed by atoms with E-state index in [0.717, 1.165) is 9.35 Å². The van der Waals surface area contributed by atoms with Crippen molar-refractivity contribution in [3.05, 3.63) is 92.6 Å². The number of hydrogen-bond acceptors (Lipinski definition) is 4. The number of rotatable bonds is 5. The van der Waals surface area contributed by atoms with Gasteiger partial charge in [-0.1, -0.05) is 22.0 Å². The lowest BCUT2D eigenvalue weighted by Gasteiger charge is -2.05. The van der Waals surface area contributed by atoms with Crippen LogP contribution in [0.5, 0.6) is 5.75 Å². The van der Waals surface area contributed by atoms with Gasteiger partial charge in [0.2, 0.25) is 0 Å². The topological polar surface area (TPSA) is 43.4 Å². The van der Waals surface area contributed by atoms with Crippen LogP contribution in [0.3, 0.4) is 0 Å². The summed E-state index contributed by atoms with van der Waals surface area (Å²) in [5.41, 5.74) is 0.999. The zero-order valence-electron chi connectivity index (χ0n) is 13.0. The summed E-state index contributed by atoms with van der Waals surface area (Å²) in [6, 6.07) is 17.3. The summed E-state index contributed by atoms with van der Waals surface area (Å²) in [6.45, 7) is 0. The van der Waals surface area contributed by atoms with E-state index < -0.39 is 5.97 Å². The summed E-state index contributed by atoms with van der Waals surface area (Å²) in [6.07, 6.45) is 3.32. The highest BCUT2D eigenvalue weighted by Crippen LogP contribution is 2.17. The lowest BCUT2D eigenvalue weighted by molar-refractivity contribution is 0.0734. The summed E-state index contributed by atoms with van der Waals surface area (Å²) in [5, 5.41) is 1.96. The third-order valence-electron chi connectivity index (χ3n) is 3.37. The number of carbonyl (C=O) groups is 2. The number of ether oxygens (including phenoxy) is 1. The van der Waals surface area contributed by atoms with E-state index in [2.05, 4.69) is 15.9 Å². The molecule has 5 heteroatoms. The Hall–Kier alpha value is -2.50. The molecule has 0 atom stereocenters. The van der Waals surface area contributed by atoms with Crippen LogP contribution in [0.25, 0.3) is 6.08 Å². The molecular weight excluding hydrogens is 400 g/mol. The molecule has 0 aliphatic rings. The summed E-state index contributed by atoms with van der Waals surface area (Å²) < 4.78 is 6.20. The van der Waals surface area contributed by atoms with Gasteiger partial charge >= 0.3 is 5.97 Å². The second kappa shape index (κ2) is 8.05. The lowest BCUT2D eigenvalue weighted by Crippen LogP contribution is -2.08. The van der Waals surface area contributed by atoms with Crippen LogP contribution in [0.15, 0.2) is 76.6 Å². The molecule has 3 nitrogen and oxygen atoms in total. The molecule has 0 amide bonds. The van der Waals surface area contributed by atoms with E-state index in [1.165, 1.54) is 6.08 Å². The van der Waals surface area contributed by atoms with E-state index in [0.29, 0.717) is 16.9 Å². The minimum absolute atomic E-state index is 0.0980. The van der Waals surface area contributed by atoms with E-state index in [-0.39, 0.29) is 5.78 Å². The molecule has 3 aromatic rings. The van der Waals surface area contributed by atoms with Gasteiger partial charge in [0.05, 0.1) is 5.56 Å². The van der Waals surface area contributed by atoms with Crippen LogP contribution < -0.4 is 4.74 Å². The van der Waals surface area contributed by atoms with Gasteiger partial charge in [-0.15, -0.1) is 11.3 Å². The molecule has 0 N–H and O–H groups in total. The third kappa shape index (κ3) is 4.75. The van der Waals surface area contributed by atoms with Crippen molar-refractivity contribution >= 4 is 45.1 Å². The van der Waals surface area contributed by atoms with Crippen molar-refractivity contribution < 1.29 is 14.3 Å². The minimum Gasteiger partial charge on any atom is -0.423 e. The molecule has 1 heterocycles. The smallest absolute Gasteiger partial charge is 0.343 e. The highest BCUT2D eigenvalue weighted by molar-refractivity contribution is 9.10. The SMILES string of the molecule is O=C(/C=C/c1cccs1)c1ccc(OC(=O)c2ccc(Br)cc2)cc1. The van der Waals surface area contributed by atoms with Crippen LogP contribution in [0.4, 0.5) is 0 Å². The fraction of sp³-hybridized carbons (Fsp3) is 0. The molecule has 124 valence electrons. The van der Waals surface area contributed by atoms with Crippen LogP contribution in [0, 0.1) is 0 Å². The first-order valence-corrected chi connectivity index (χ1v) is 9.13. The monoisotopic (exact) mass is 412 g/mol. The Bertz CT molecular complexity index is 895. The Labute approximate surface area is 157 Å². The van der Waals surface area contributed by atoms with E-state index in [9.17, 15) is 9.59 Å². The van der Waals surface area contributed by atoms with Crippen LogP contribution >= 0.6 is 27.3 Å². The van der Waals surface area contributed by atoms with Gasteiger partial charge in [-0.05, 0) is 72.1 Å². The number of ketones is 1. The molecule has 0 saturated carbocycles. The molecule has 0 radical (unpaired) electrons. The summed E-state index contributed by atoms with van der Waals surface area (Å²) in [7, 11) is 0. The molecule has 25 heavy (non-hydrogen) atoms. The maximum absolute atomic E-state index is 12.1. The largest absolute Gasteiger partial charge is 0.423 e. The van der Waals surface area contributed by atoms with Crippen molar-refractivity contribution in [1.82, 2.24) is 0 Å². The van der Waals surface area contributed by atoms with Crippen LogP contribution in [-0.2, 0) is 0 Å². The highest BCUT2D eigenvalue weighted by Gasteiger charge is 2.09. The van der Waals surface area contributed by atoms with E-state index in [1.54, 1.807) is 65.9 Å². The van der Waals surface area contributed by atoms with Crippen molar-refractivity contribution in [2.45, 2.75) is 0 Å². The quantitative estimate of drug-likeness (QED) is 0.236. The standard InChI is InChI=1S/C20H13BrO3S/c21-16-7-3-15(4-8-16)20(23)24-17-9-5-14(6-10-17)19(22)12-11-18-2-1-13-25-18/h1-13H/b12-11+. The zero-order valence-corrected chi connectivity index (χ0v) is 15.4. The van der Waals surface area contributed by atoms with Gasteiger partial charge in [-0.25, -0.2) is 4.79 Å². The van der Waals surface area contributed by atoms with Gasteiger partial charge in [0.25, 0.3) is 0 Å². The predicted molar refractivity (Wildman–Crippen MR) is 103 cm³/mol. The maximum atomic E-state index is 12.1. The average molecular weight is 413 g/mol. The van der Waals surface area contributed by atoms with Gasteiger partial charge in [0.1, 0.15) is 5.75 Å². The van der Waals surface area contributed by atoms with Crippen molar-refractivity contribution in [1.29, 1.82) is 0 Å². The first kappa shape index (κ1) is 17.3. The average Bonchev–Trinajstić information content (AvgIpc) is 3.14. The second-order valence-corrected chi connectivity index (χ2v) is 7.03. The first-order valence-electron chi connectivity index (χ1n) is 7.45. The van der Waals surface area contributed by atoms with Crippen LogP contribution in [0.1, 0.15) is 25.6 Å².